The first kappa shape index (κ1) is 37.6. The molecule has 5 aliphatic heterocycles. The number of likely N-dealkylation sites (tertiary alicyclic amines) is 1. The lowest BCUT2D eigenvalue weighted by Crippen LogP contribution is -2.55. The molecule has 0 aliphatic carbocycles. The molecule has 7 rings (SSSR count). The fraction of sp³-hybridized carbons (Fsp3) is 0.526. The van der Waals surface area contributed by atoms with Crippen molar-refractivity contribution in [1.29, 1.82) is 0 Å². The van der Waals surface area contributed by atoms with Gasteiger partial charge in [0.25, 0.3) is 5.91 Å². The number of amides is 4. The first-order chi connectivity index (χ1) is 25.5. The minimum Gasteiger partial charge on any atom is -0.441 e. The van der Waals surface area contributed by atoms with E-state index in [0.29, 0.717) is 41.2 Å². The summed E-state index contributed by atoms with van der Waals surface area (Å²) in [5.41, 5.74) is 0.00798. The monoisotopic (exact) mass is 764 g/mol. The van der Waals surface area contributed by atoms with Crippen LogP contribution in [0.1, 0.15) is 64.0 Å². The molecule has 0 aromatic heterocycles. The highest BCUT2D eigenvalue weighted by molar-refractivity contribution is 6.72. The SMILES string of the molecule is CC(=O)OC1CC(=O)N1c1ccc(CN2C(=O)[C@]3(O[C@H](CC(=O)N4CCC[C@H]4CO)[C@@H]([Si](C)(C)F)[C@@H]3C)c3cc(N4C(=O)CC4OC(C)=O)ccc32)cc1. The first-order valence-corrected chi connectivity index (χ1v) is 21.3. The summed E-state index contributed by atoms with van der Waals surface area (Å²) in [5, 5.41) is 9.91. The molecule has 4 amide bonds. The predicted molar refractivity (Wildman–Crippen MR) is 194 cm³/mol. The van der Waals surface area contributed by atoms with Gasteiger partial charge in [0.2, 0.25) is 26.1 Å². The number of benzene rings is 2. The molecule has 2 aromatic carbocycles. The van der Waals surface area contributed by atoms with Crippen molar-refractivity contribution in [2.24, 2.45) is 5.92 Å². The van der Waals surface area contributed by atoms with E-state index in [1.807, 2.05) is 0 Å². The van der Waals surface area contributed by atoms with Crippen LogP contribution in [0.25, 0.3) is 0 Å². The van der Waals surface area contributed by atoms with Crippen molar-refractivity contribution in [3.63, 3.8) is 0 Å². The maximum absolute atomic E-state index is 16.5. The number of fused-ring (bicyclic) bond motifs is 2. The minimum atomic E-state index is -3.63. The van der Waals surface area contributed by atoms with Gasteiger partial charge in [-0.15, -0.1) is 0 Å². The van der Waals surface area contributed by atoms with Crippen molar-refractivity contribution in [2.45, 2.75) is 108 Å². The van der Waals surface area contributed by atoms with Gasteiger partial charge in [0.1, 0.15) is 0 Å². The molecule has 1 spiro atoms. The molecule has 16 heteroatoms. The van der Waals surface area contributed by atoms with Gasteiger partial charge in [0.05, 0.1) is 50.2 Å². The number of hydrogen-bond acceptors (Lipinski definition) is 10. The van der Waals surface area contributed by atoms with Gasteiger partial charge < -0.3 is 33.2 Å². The average Bonchev–Trinajstić information content (AvgIpc) is 3.75. The van der Waals surface area contributed by atoms with Crippen LogP contribution in [0.2, 0.25) is 18.6 Å². The van der Waals surface area contributed by atoms with Crippen LogP contribution in [0.4, 0.5) is 21.2 Å². The first-order valence-electron chi connectivity index (χ1n) is 18.4. The number of aliphatic hydroxyl groups excluding tert-OH is 1. The molecular formula is C38H45FN4O10Si. The Balaban J connectivity index is 1.25. The van der Waals surface area contributed by atoms with E-state index in [4.69, 9.17) is 14.2 Å². The van der Waals surface area contributed by atoms with Crippen LogP contribution in [0.5, 0.6) is 0 Å². The number of hydrogen-bond donors (Lipinski definition) is 1. The maximum atomic E-state index is 16.5. The van der Waals surface area contributed by atoms with Crippen molar-refractivity contribution in [3.8, 4) is 0 Å². The second-order valence-electron chi connectivity index (χ2n) is 15.4. The number of β-lactam (4-membered cyclic amide) rings is 2. The van der Waals surface area contributed by atoms with E-state index in [1.54, 1.807) is 72.3 Å². The lowest BCUT2D eigenvalue weighted by Gasteiger charge is -2.39. The van der Waals surface area contributed by atoms with Crippen molar-refractivity contribution in [1.82, 2.24) is 4.90 Å². The average molecular weight is 765 g/mol. The van der Waals surface area contributed by atoms with Crippen molar-refractivity contribution in [3.05, 3.63) is 53.6 Å². The lowest BCUT2D eigenvalue weighted by atomic mass is 9.82. The van der Waals surface area contributed by atoms with Gasteiger partial charge in [-0.1, -0.05) is 19.1 Å². The van der Waals surface area contributed by atoms with Crippen LogP contribution in [0.15, 0.2) is 42.5 Å². The second-order valence-corrected chi connectivity index (χ2v) is 19.2. The third-order valence-electron chi connectivity index (χ3n) is 11.5. The number of nitrogens with zero attached hydrogens (tertiary/aromatic N) is 4. The zero-order chi connectivity index (χ0) is 38.9. The number of esters is 2. The molecule has 4 saturated heterocycles. The van der Waals surface area contributed by atoms with Crippen LogP contribution < -0.4 is 14.7 Å². The summed E-state index contributed by atoms with van der Waals surface area (Å²) in [7, 11) is -3.63. The van der Waals surface area contributed by atoms with Gasteiger partial charge >= 0.3 is 11.9 Å². The molecule has 2 aromatic rings. The van der Waals surface area contributed by atoms with Crippen LogP contribution in [-0.4, -0.2) is 91.7 Å². The van der Waals surface area contributed by atoms with Gasteiger partial charge in [-0.3, -0.25) is 38.6 Å². The summed E-state index contributed by atoms with van der Waals surface area (Å²) >= 11 is 0. The van der Waals surface area contributed by atoms with Crippen LogP contribution in [-0.2, 0) is 55.1 Å². The Bertz CT molecular complexity index is 1900. The number of carbonyl (C=O) groups excluding carboxylic acids is 6. The molecule has 5 aliphatic rings. The van der Waals surface area contributed by atoms with Gasteiger partial charge in [0, 0.05) is 48.8 Å². The summed E-state index contributed by atoms with van der Waals surface area (Å²) in [6.45, 7) is 7.77. The van der Waals surface area contributed by atoms with Gasteiger partial charge in [0.15, 0.2) is 18.1 Å². The summed E-state index contributed by atoms with van der Waals surface area (Å²) in [6.07, 6.45) is -1.15. The Morgan fingerprint density at radius 1 is 0.944 bits per heavy atom. The van der Waals surface area contributed by atoms with E-state index in [2.05, 4.69) is 0 Å². The molecule has 2 unspecified atom stereocenters. The number of halogens is 1. The molecule has 288 valence electrons. The van der Waals surface area contributed by atoms with Crippen LogP contribution in [0.3, 0.4) is 0 Å². The minimum absolute atomic E-state index is 0.000352. The van der Waals surface area contributed by atoms with E-state index in [0.717, 1.165) is 6.42 Å². The van der Waals surface area contributed by atoms with Gasteiger partial charge in [-0.2, -0.15) is 0 Å². The summed E-state index contributed by atoms with van der Waals surface area (Å²) in [4.78, 5) is 83.3. The zero-order valence-corrected chi connectivity index (χ0v) is 32.0. The highest BCUT2D eigenvalue weighted by Crippen LogP contribution is 2.61. The standard InChI is InChI=1S/C38H45FN4O10Si/c1-21-36(54(4,5)39)30(16-31(47)40-14-6-7-27(40)20-44)53-38(21)28-15-26(43-33(49)18-35(43)52-23(3)46)12-13-29(28)41(37(38)50)19-24-8-10-25(11-9-24)42-32(48)17-34(42)51-22(2)45/h8-13,15,21,27,30,34-36,44H,6-7,14,16-20H2,1-5H3/t21-,27-,30+,34?,35?,36-,38+/m0/s1. The molecule has 4 fully saturated rings. The fourth-order valence-electron chi connectivity index (χ4n) is 9.10. The summed E-state index contributed by atoms with van der Waals surface area (Å²) in [5.74, 6) is -2.98. The van der Waals surface area contributed by atoms with Crippen LogP contribution in [0, 0.1) is 5.92 Å². The molecule has 0 bridgehead atoms. The van der Waals surface area contributed by atoms with Gasteiger partial charge in [-0.25, -0.2) is 0 Å². The third kappa shape index (κ3) is 6.27. The predicted octanol–water partition coefficient (Wildman–Crippen LogP) is 3.63. The topological polar surface area (TPSA) is 163 Å². The van der Waals surface area contributed by atoms with Crippen molar-refractivity contribution < 1.29 is 52.2 Å². The fourth-order valence-corrected chi connectivity index (χ4v) is 11.6. The molecule has 1 N–H and O–H groups in total. The Hall–Kier alpha value is -4.67. The number of anilines is 3. The Morgan fingerprint density at radius 2 is 1.54 bits per heavy atom. The maximum Gasteiger partial charge on any atom is 0.304 e. The largest absolute Gasteiger partial charge is 0.441 e. The van der Waals surface area contributed by atoms with E-state index in [9.17, 15) is 29.1 Å². The molecule has 54 heavy (non-hydrogen) atoms. The molecule has 7 atom stereocenters. The smallest absolute Gasteiger partial charge is 0.304 e. The summed E-state index contributed by atoms with van der Waals surface area (Å²) in [6, 6.07) is 11.6. The highest BCUT2D eigenvalue weighted by Gasteiger charge is 2.67. The summed E-state index contributed by atoms with van der Waals surface area (Å²) < 4.78 is 33.9. The Labute approximate surface area is 313 Å². The van der Waals surface area contributed by atoms with Crippen molar-refractivity contribution in [2.75, 3.05) is 27.9 Å². The Kier molecular flexibility index (Phi) is 9.67. The third-order valence-corrected chi connectivity index (χ3v) is 13.9. The normalized spacial score (nSPS) is 29.1. The number of carbonyl (C=O) groups is 6. The van der Waals surface area contributed by atoms with Gasteiger partial charge in [-0.05, 0) is 61.8 Å². The zero-order valence-electron chi connectivity index (χ0n) is 31.0. The van der Waals surface area contributed by atoms with E-state index >= 15 is 8.90 Å². The quantitative estimate of drug-likeness (QED) is 0.164. The number of ether oxygens (including phenoxy) is 3. The van der Waals surface area contributed by atoms with Crippen LogP contribution >= 0.6 is 0 Å². The molecule has 5 heterocycles. The molecule has 0 saturated carbocycles. The molecular weight excluding hydrogens is 720 g/mol. The second kappa shape index (κ2) is 13.9. The Morgan fingerprint density at radius 3 is 2.09 bits per heavy atom. The van der Waals surface area contributed by atoms with E-state index < -0.39 is 61.9 Å². The molecule has 0 radical (unpaired) electrons. The van der Waals surface area contributed by atoms with Crippen molar-refractivity contribution >= 4 is 61.0 Å². The number of rotatable bonds is 10. The number of aliphatic hydroxyl groups is 1. The highest BCUT2D eigenvalue weighted by atomic mass is 28.4. The lowest BCUT2D eigenvalue weighted by molar-refractivity contribution is -0.155. The van der Waals surface area contributed by atoms with E-state index in [-0.39, 0.29) is 56.2 Å². The molecule has 14 nitrogen and oxygen atoms in total. The van der Waals surface area contributed by atoms with E-state index in [1.165, 1.54) is 23.6 Å².